The van der Waals surface area contributed by atoms with E-state index in [9.17, 15) is 10.1 Å². The SMILES string of the molecule is CCc1nn(C)c(CC(N)CC)c1[N+](=O)[O-]. The Bertz CT molecular complexity index is 386. The van der Waals surface area contributed by atoms with Gasteiger partial charge in [0.15, 0.2) is 0 Å². The molecule has 0 aliphatic carbocycles. The fourth-order valence-electron chi connectivity index (χ4n) is 1.68. The quantitative estimate of drug-likeness (QED) is 0.603. The Labute approximate surface area is 94.6 Å². The van der Waals surface area contributed by atoms with Gasteiger partial charge in [-0.1, -0.05) is 13.8 Å². The van der Waals surface area contributed by atoms with Crippen molar-refractivity contribution in [3.05, 3.63) is 21.5 Å². The van der Waals surface area contributed by atoms with E-state index in [1.807, 2.05) is 13.8 Å². The maximum atomic E-state index is 11.0. The Balaban J connectivity index is 3.15. The van der Waals surface area contributed by atoms with Crippen LogP contribution in [0.3, 0.4) is 0 Å². The van der Waals surface area contributed by atoms with Crippen molar-refractivity contribution in [3.8, 4) is 0 Å². The van der Waals surface area contributed by atoms with Crippen molar-refractivity contribution in [2.45, 2.75) is 39.2 Å². The van der Waals surface area contributed by atoms with Crippen LogP contribution in [0.4, 0.5) is 5.69 Å². The molecule has 90 valence electrons. The lowest BCUT2D eigenvalue weighted by Crippen LogP contribution is -2.23. The van der Waals surface area contributed by atoms with Gasteiger partial charge in [-0.3, -0.25) is 14.8 Å². The first-order valence-corrected chi connectivity index (χ1v) is 5.45. The molecule has 1 heterocycles. The van der Waals surface area contributed by atoms with E-state index in [2.05, 4.69) is 5.10 Å². The summed E-state index contributed by atoms with van der Waals surface area (Å²) >= 11 is 0. The number of nitrogens with two attached hydrogens (primary N) is 1. The maximum Gasteiger partial charge on any atom is 0.313 e. The summed E-state index contributed by atoms with van der Waals surface area (Å²) in [6.07, 6.45) is 1.85. The molecule has 16 heavy (non-hydrogen) atoms. The van der Waals surface area contributed by atoms with Gasteiger partial charge in [-0.2, -0.15) is 5.10 Å². The number of aryl methyl sites for hydroxylation is 2. The third-order valence-corrected chi connectivity index (χ3v) is 2.71. The Kier molecular flexibility index (Phi) is 4.00. The molecule has 0 spiro atoms. The average Bonchev–Trinajstić information content (AvgIpc) is 2.55. The molecule has 1 atom stereocenters. The molecule has 0 fully saturated rings. The molecule has 0 saturated carbocycles. The summed E-state index contributed by atoms with van der Waals surface area (Å²) in [6, 6.07) is -0.0567. The molecule has 0 aliphatic rings. The van der Waals surface area contributed by atoms with Crippen LogP contribution in [0.25, 0.3) is 0 Å². The van der Waals surface area contributed by atoms with Crippen molar-refractivity contribution in [3.63, 3.8) is 0 Å². The first-order chi connectivity index (χ1) is 7.51. The van der Waals surface area contributed by atoms with Gasteiger partial charge in [0.05, 0.1) is 4.92 Å². The predicted molar refractivity (Wildman–Crippen MR) is 61.2 cm³/mol. The van der Waals surface area contributed by atoms with E-state index >= 15 is 0 Å². The van der Waals surface area contributed by atoms with Gasteiger partial charge < -0.3 is 5.73 Å². The minimum Gasteiger partial charge on any atom is -0.327 e. The van der Waals surface area contributed by atoms with E-state index in [0.29, 0.717) is 24.2 Å². The minimum absolute atomic E-state index is 0.0567. The zero-order valence-corrected chi connectivity index (χ0v) is 9.93. The molecule has 0 aliphatic heterocycles. The van der Waals surface area contributed by atoms with Crippen molar-refractivity contribution >= 4 is 5.69 Å². The average molecular weight is 226 g/mol. The van der Waals surface area contributed by atoms with E-state index < -0.39 is 0 Å². The first kappa shape index (κ1) is 12.6. The summed E-state index contributed by atoms with van der Waals surface area (Å²) in [4.78, 5) is 10.6. The molecular formula is C10H18N4O2. The van der Waals surface area contributed by atoms with Crippen LogP contribution in [-0.4, -0.2) is 20.7 Å². The van der Waals surface area contributed by atoms with Crippen LogP contribution in [0.15, 0.2) is 0 Å². The Morgan fingerprint density at radius 1 is 1.56 bits per heavy atom. The summed E-state index contributed by atoms with van der Waals surface area (Å²) in [5.74, 6) is 0. The molecule has 0 bridgehead atoms. The van der Waals surface area contributed by atoms with Crippen LogP contribution in [0, 0.1) is 10.1 Å². The highest BCUT2D eigenvalue weighted by atomic mass is 16.6. The lowest BCUT2D eigenvalue weighted by Gasteiger charge is -2.07. The third-order valence-electron chi connectivity index (χ3n) is 2.71. The molecule has 1 aromatic rings. The highest BCUT2D eigenvalue weighted by Crippen LogP contribution is 2.24. The second-order valence-electron chi connectivity index (χ2n) is 3.85. The van der Waals surface area contributed by atoms with Crippen LogP contribution in [-0.2, 0) is 19.9 Å². The first-order valence-electron chi connectivity index (χ1n) is 5.45. The second-order valence-corrected chi connectivity index (χ2v) is 3.85. The van der Waals surface area contributed by atoms with Gasteiger partial charge in [-0.25, -0.2) is 0 Å². The van der Waals surface area contributed by atoms with Crippen LogP contribution in [0.1, 0.15) is 31.7 Å². The van der Waals surface area contributed by atoms with Gasteiger partial charge in [0.1, 0.15) is 11.4 Å². The van der Waals surface area contributed by atoms with E-state index in [-0.39, 0.29) is 16.7 Å². The van der Waals surface area contributed by atoms with Gasteiger partial charge in [-0.15, -0.1) is 0 Å². The molecule has 0 amide bonds. The summed E-state index contributed by atoms with van der Waals surface area (Å²) in [5, 5.41) is 15.2. The smallest absolute Gasteiger partial charge is 0.313 e. The molecule has 0 aromatic carbocycles. The summed E-state index contributed by atoms with van der Waals surface area (Å²) in [5.41, 5.74) is 7.12. The lowest BCUT2D eigenvalue weighted by molar-refractivity contribution is -0.386. The summed E-state index contributed by atoms with van der Waals surface area (Å²) in [7, 11) is 1.73. The Hall–Kier alpha value is -1.43. The van der Waals surface area contributed by atoms with Crippen molar-refractivity contribution in [1.29, 1.82) is 0 Å². The van der Waals surface area contributed by atoms with Gasteiger partial charge in [0.2, 0.25) is 0 Å². The topological polar surface area (TPSA) is 87.0 Å². The molecule has 6 nitrogen and oxygen atoms in total. The standard InChI is InChI=1S/C10H18N4O2/c1-4-7(11)6-9-10(14(15)16)8(5-2)12-13(9)3/h7H,4-6,11H2,1-3H3. The van der Waals surface area contributed by atoms with Crippen molar-refractivity contribution in [2.75, 3.05) is 0 Å². The van der Waals surface area contributed by atoms with Gasteiger partial charge in [0.25, 0.3) is 0 Å². The van der Waals surface area contributed by atoms with E-state index in [1.54, 1.807) is 11.7 Å². The molecule has 2 N–H and O–H groups in total. The fraction of sp³-hybridized carbons (Fsp3) is 0.700. The molecule has 1 rings (SSSR count). The van der Waals surface area contributed by atoms with E-state index in [1.165, 1.54) is 0 Å². The zero-order valence-electron chi connectivity index (χ0n) is 9.93. The van der Waals surface area contributed by atoms with Gasteiger partial charge in [0, 0.05) is 19.5 Å². The molecule has 1 unspecified atom stereocenters. The zero-order chi connectivity index (χ0) is 12.3. The monoisotopic (exact) mass is 226 g/mol. The summed E-state index contributed by atoms with van der Waals surface area (Å²) in [6.45, 7) is 3.83. The number of rotatable bonds is 5. The molecule has 1 aromatic heterocycles. The van der Waals surface area contributed by atoms with Gasteiger partial charge >= 0.3 is 5.69 Å². The number of nitro groups is 1. The number of aromatic nitrogens is 2. The van der Waals surface area contributed by atoms with E-state index in [0.717, 1.165) is 6.42 Å². The second kappa shape index (κ2) is 5.07. The van der Waals surface area contributed by atoms with Crippen molar-refractivity contribution in [1.82, 2.24) is 9.78 Å². The fourth-order valence-corrected chi connectivity index (χ4v) is 1.68. The lowest BCUT2D eigenvalue weighted by atomic mass is 10.1. The number of hydrogen-bond acceptors (Lipinski definition) is 4. The molecule has 0 saturated heterocycles. The number of hydrogen-bond donors (Lipinski definition) is 1. The summed E-state index contributed by atoms with van der Waals surface area (Å²) < 4.78 is 1.58. The van der Waals surface area contributed by atoms with Crippen molar-refractivity contribution in [2.24, 2.45) is 12.8 Å². The highest BCUT2D eigenvalue weighted by Gasteiger charge is 2.25. The van der Waals surface area contributed by atoms with E-state index in [4.69, 9.17) is 5.73 Å². The predicted octanol–water partition coefficient (Wildman–Crippen LogP) is 1.17. The highest BCUT2D eigenvalue weighted by molar-refractivity contribution is 5.41. The van der Waals surface area contributed by atoms with Crippen LogP contribution in [0.5, 0.6) is 0 Å². The molecule has 0 radical (unpaired) electrons. The third kappa shape index (κ3) is 2.38. The Morgan fingerprint density at radius 3 is 2.62 bits per heavy atom. The largest absolute Gasteiger partial charge is 0.327 e. The maximum absolute atomic E-state index is 11.0. The Morgan fingerprint density at radius 2 is 2.19 bits per heavy atom. The van der Waals surface area contributed by atoms with Gasteiger partial charge in [-0.05, 0) is 12.8 Å². The van der Waals surface area contributed by atoms with Crippen LogP contribution >= 0.6 is 0 Å². The normalized spacial score (nSPS) is 12.8. The number of nitrogens with zero attached hydrogens (tertiary/aromatic N) is 3. The molecular weight excluding hydrogens is 208 g/mol. The van der Waals surface area contributed by atoms with Crippen molar-refractivity contribution < 1.29 is 4.92 Å². The van der Waals surface area contributed by atoms with Crippen LogP contribution < -0.4 is 5.73 Å². The minimum atomic E-state index is -0.358. The molecule has 6 heteroatoms. The van der Waals surface area contributed by atoms with Crippen LogP contribution in [0.2, 0.25) is 0 Å².